The number of nitrogens with one attached hydrogen (secondary N) is 1. The molecule has 0 spiro atoms. The Kier molecular flexibility index (Phi) is 4.76. The van der Waals surface area contributed by atoms with E-state index < -0.39 is 0 Å². The summed E-state index contributed by atoms with van der Waals surface area (Å²) < 4.78 is 2.42. The second-order valence-corrected chi connectivity index (χ2v) is 6.13. The summed E-state index contributed by atoms with van der Waals surface area (Å²) in [5.41, 5.74) is 2.88. The molecule has 21 heavy (non-hydrogen) atoms. The minimum Gasteiger partial charge on any atom is -0.347 e. The first-order valence-corrected chi connectivity index (χ1v) is 8.29. The minimum atomic E-state index is 0.824. The third-order valence-electron chi connectivity index (χ3n) is 4.31. The van der Waals surface area contributed by atoms with Crippen molar-refractivity contribution in [1.29, 1.82) is 0 Å². The molecule has 0 saturated heterocycles. The molecular weight excluding hydrogens is 256 g/mol. The van der Waals surface area contributed by atoms with Crippen LogP contribution >= 0.6 is 0 Å². The number of fused-ring (bicyclic) bond motifs is 1. The van der Waals surface area contributed by atoms with Gasteiger partial charge in [0.15, 0.2) is 0 Å². The average molecular weight is 282 g/mol. The summed E-state index contributed by atoms with van der Waals surface area (Å²) in [6.45, 7) is 6.06. The van der Waals surface area contributed by atoms with Crippen LogP contribution in [-0.2, 0) is 13.0 Å². The fourth-order valence-electron chi connectivity index (χ4n) is 2.99. The maximum atomic E-state index is 3.81. The van der Waals surface area contributed by atoms with Gasteiger partial charge in [0.05, 0.1) is 0 Å². The van der Waals surface area contributed by atoms with Gasteiger partial charge in [0.1, 0.15) is 0 Å². The van der Waals surface area contributed by atoms with E-state index in [-0.39, 0.29) is 0 Å². The molecule has 1 heterocycles. The lowest BCUT2D eigenvalue weighted by molar-refractivity contribution is 0.642. The highest BCUT2D eigenvalue weighted by Crippen LogP contribution is 2.23. The Hall–Kier alpha value is -1.54. The third kappa shape index (κ3) is 3.76. The zero-order valence-corrected chi connectivity index (χ0v) is 12.9. The van der Waals surface area contributed by atoms with E-state index in [2.05, 4.69) is 46.9 Å². The van der Waals surface area contributed by atoms with Crippen molar-refractivity contribution >= 4 is 10.9 Å². The van der Waals surface area contributed by atoms with Gasteiger partial charge in [-0.25, -0.2) is 0 Å². The van der Waals surface area contributed by atoms with Crippen molar-refractivity contribution < 1.29 is 0 Å². The van der Waals surface area contributed by atoms with Crippen LogP contribution in [0, 0.1) is 0 Å². The Balaban J connectivity index is 1.66. The quantitative estimate of drug-likeness (QED) is 0.536. The second-order valence-electron chi connectivity index (χ2n) is 6.13. The van der Waals surface area contributed by atoms with Crippen LogP contribution in [0.1, 0.15) is 37.7 Å². The van der Waals surface area contributed by atoms with Gasteiger partial charge in [-0.05, 0) is 56.7 Å². The Bertz CT molecular complexity index is 593. The normalized spacial score (nSPS) is 14.7. The molecule has 1 aromatic carbocycles. The third-order valence-corrected chi connectivity index (χ3v) is 4.31. The first kappa shape index (κ1) is 14.4. The van der Waals surface area contributed by atoms with Crippen LogP contribution in [0.2, 0.25) is 0 Å². The van der Waals surface area contributed by atoms with Crippen LogP contribution in [0.4, 0.5) is 0 Å². The van der Waals surface area contributed by atoms with Crippen molar-refractivity contribution in [2.45, 2.75) is 51.1 Å². The number of allylic oxidation sites excluding steroid dienone is 1. The molecule has 1 aromatic heterocycles. The van der Waals surface area contributed by atoms with Crippen molar-refractivity contribution in [2.24, 2.45) is 0 Å². The van der Waals surface area contributed by atoms with Gasteiger partial charge in [-0.2, -0.15) is 0 Å². The van der Waals surface area contributed by atoms with Crippen molar-refractivity contribution in [3.63, 3.8) is 0 Å². The second kappa shape index (κ2) is 6.95. The Morgan fingerprint density at radius 3 is 2.90 bits per heavy atom. The molecule has 0 amide bonds. The van der Waals surface area contributed by atoms with Crippen LogP contribution in [0.3, 0.4) is 0 Å². The number of aryl methyl sites for hydroxylation is 2. The monoisotopic (exact) mass is 282 g/mol. The van der Waals surface area contributed by atoms with Gasteiger partial charge in [0, 0.05) is 29.7 Å². The molecule has 0 unspecified atom stereocenters. The lowest BCUT2D eigenvalue weighted by atomic mass is 10.1. The Labute approximate surface area is 127 Å². The van der Waals surface area contributed by atoms with E-state index in [0.717, 1.165) is 25.6 Å². The molecular formula is C19H26N2. The molecule has 0 atom stereocenters. The van der Waals surface area contributed by atoms with Crippen LogP contribution in [0.5, 0.6) is 0 Å². The molecule has 2 heteroatoms. The van der Waals surface area contributed by atoms with Gasteiger partial charge in [-0.3, -0.25) is 0 Å². The molecule has 0 bridgehead atoms. The van der Waals surface area contributed by atoms with Crippen molar-refractivity contribution in [2.75, 3.05) is 6.54 Å². The minimum absolute atomic E-state index is 0.824. The van der Waals surface area contributed by atoms with Gasteiger partial charge in [0.2, 0.25) is 0 Å². The maximum absolute atomic E-state index is 3.81. The van der Waals surface area contributed by atoms with Crippen LogP contribution in [-0.4, -0.2) is 17.2 Å². The Morgan fingerprint density at radius 1 is 1.24 bits per heavy atom. The van der Waals surface area contributed by atoms with E-state index in [4.69, 9.17) is 0 Å². The van der Waals surface area contributed by atoms with Crippen LogP contribution < -0.4 is 5.32 Å². The summed E-state index contributed by atoms with van der Waals surface area (Å²) >= 11 is 0. The van der Waals surface area contributed by atoms with Crippen LogP contribution in [0.15, 0.2) is 43.1 Å². The first-order valence-electron chi connectivity index (χ1n) is 8.29. The van der Waals surface area contributed by atoms with E-state index in [1.54, 1.807) is 0 Å². The smallest absolute Gasteiger partial charge is 0.0483 e. The lowest BCUT2D eigenvalue weighted by Gasteiger charge is -2.03. The van der Waals surface area contributed by atoms with E-state index in [1.807, 2.05) is 6.08 Å². The molecule has 1 aliphatic carbocycles. The van der Waals surface area contributed by atoms with Gasteiger partial charge < -0.3 is 9.88 Å². The van der Waals surface area contributed by atoms with E-state index in [0.29, 0.717) is 0 Å². The SMILES string of the molecule is C=CCCCn1cc(CCCNC2CC2)c2ccccc21. The number of para-hydroxylation sites is 1. The lowest BCUT2D eigenvalue weighted by Crippen LogP contribution is -2.17. The van der Waals surface area contributed by atoms with Gasteiger partial charge in [-0.1, -0.05) is 24.3 Å². The number of unbranched alkanes of at least 4 members (excludes halogenated alkanes) is 1. The van der Waals surface area contributed by atoms with Gasteiger partial charge >= 0.3 is 0 Å². The van der Waals surface area contributed by atoms with E-state index in [1.165, 1.54) is 48.6 Å². The summed E-state index contributed by atoms with van der Waals surface area (Å²) in [6.07, 6.45) is 11.8. The van der Waals surface area contributed by atoms with E-state index in [9.17, 15) is 0 Å². The molecule has 1 saturated carbocycles. The van der Waals surface area contributed by atoms with E-state index >= 15 is 0 Å². The standard InChI is InChI=1S/C19H26N2/c1-2-3-6-14-21-15-16(8-7-13-20-17-11-12-17)18-9-4-5-10-19(18)21/h2,4-5,9-10,15,17,20H,1,3,6-8,11-14H2. The average Bonchev–Trinajstić information content (AvgIpc) is 3.27. The molecule has 0 aliphatic heterocycles. The largest absolute Gasteiger partial charge is 0.347 e. The Morgan fingerprint density at radius 2 is 2.10 bits per heavy atom. The number of hydrogen-bond acceptors (Lipinski definition) is 1. The number of rotatable bonds is 9. The number of hydrogen-bond donors (Lipinski definition) is 1. The number of nitrogens with zero attached hydrogens (tertiary/aromatic N) is 1. The molecule has 2 aromatic rings. The van der Waals surface area contributed by atoms with Gasteiger partial charge in [-0.15, -0.1) is 6.58 Å². The maximum Gasteiger partial charge on any atom is 0.0483 e. The van der Waals surface area contributed by atoms with Crippen LogP contribution in [0.25, 0.3) is 10.9 Å². The molecule has 3 rings (SSSR count). The van der Waals surface area contributed by atoms with Crippen molar-refractivity contribution in [1.82, 2.24) is 9.88 Å². The fourth-order valence-corrected chi connectivity index (χ4v) is 2.99. The number of benzene rings is 1. The highest BCUT2D eigenvalue weighted by Gasteiger charge is 2.19. The fraction of sp³-hybridized carbons (Fsp3) is 0.474. The summed E-state index contributed by atoms with van der Waals surface area (Å²) in [5.74, 6) is 0. The highest BCUT2D eigenvalue weighted by molar-refractivity contribution is 5.83. The summed E-state index contributed by atoms with van der Waals surface area (Å²) in [7, 11) is 0. The first-order chi connectivity index (χ1) is 10.4. The zero-order chi connectivity index (χ0) is 14.5. The molecule has 112 valence electrons. The topological polar surface area (TPSA) is 17.0 Å². The van der Waals surface area contributed by atoms with Crippen molar-refractivity contribution in [3.05, 3.63) is 48.7 Å². The predicted octanol–water partition coefficient (Wildman–Crippen LogP) is 4.29. The van der Waals surface area contributed by atoms with Crippen molar-refractivity contribution in [3.8, 4) is 0 Å². The molecule has 0 radical (unpaired) electrons. The highest BCUT2D eigenvalue weighted by atomic mass is 15.0. The number of aromatic nitrogens is 1. The molecule has 1 aliphatic rings. The summed E-state index contributed by atoms with van der Waals surface area (Å²) in [5, 5.41) is 5.04. The predicted molar refractivity (Wildman–Crippen MR) is 90.7 cm³/mol. The summed E-state index contributed by atoms with van der Waals surface area (Å²) in [6, 6.07) is 9.64. The van der Waals surface area contributed by atoms with Gasteiger partial charge in [0.25, 0.3) is 0 Å². The summed E-state index contributed by atoms with van der Waals surface area (Å²) in [4.78, 5) is 0. The molecule has 1 fully saturated rings. The molecule has 1 N–H and O–H groups in total. The molecule has 2 nitrogen and oxygen atoms in total. The zero-order valence-electron chi connectivity index (χ0n) is 12.9.